The van der Waals surface area contributed by atoms with E-state index in [0.717, 1.165) is 0 Å². The van der Waals surface area contributed by atoms with E-state index in [0.29, 0.717) is 0 Å². The molecule has 0 radical (unpaired) electrons. The molecule has 0 heterocycles. The van der Waals surface area contributed by atoms with E-state index in [1.165, 1.54) is 6.92 Å². The van der Waals surface area contributed by atoms with Crippen LogP contribution < -0.4 is 34.7 Å². The minimum atomic E-state index is -1.70. The van der Waals surface area contributed by atoms with Crippen LogP contribution in [0.3, 0.4) is 0 Å². The zero-order valence-electron chi connectivity index (χ0n) is 5.43. The molecule has 0 aromatic heterocycles. The summed E-state index contributed by atoms with van der Waals surface area (Å²) in [6, 6.07) is 0. The monoisotopic (exact) mass is 136 g/mol. The molecule has 0 aromatic rings. The summed E-state index contributed by atoms with van der Waals surface area (Å²) in [5, 5.41) is 9.62. The van der Waals surface area contributed by atoms with Gasteiger partial charge >= 0.3 is 29.6 Å². The van der Waals surface area contributed by atoms with E-state index in [9.17, 15) is 14.7 Å². The van der Waals surface area contributed by atoms with E-state index in [1.54, 1.807) is 0 Å². The van der Waals surface area contributed by atoms with Crippen molar-refractivity contribution in [1.29, 1.82) is 0 Å². The van der Waals surface area contributed by atoms with Crippen molar-refractivity contribution in [3.05, 3.63) is 12.2 Å². The number of carboxylic acid groups (broad SMARTS) is 1. The van der Waals surface area contributed by atoms with Gasteiger partial charge in [0.05, 0.1) is 0 Å². The molecule has 0 bridgehead atoms. The Hall–Kier alpha value is -0.120. The summed E-state index contributed by atoms with van der Waals surface area (Å²) in [6.45, 7) is 4.42. The first-order valence-corrected chi connectivity index (χ1v) is 1.97. The van der Waals surface area contributed by atoms with Crippen LogP contribution in [-0.4, -0.2) is 11.8 Å². The Labute approximate surface area is 75.0 Å². The molecule has 0 aliphatic heterocycles. The normalized spacial score (nSPS) is 7.22. The molecular weight excluding hydrogens is 131 g/mol. The number of ketones is 1. The van der Waals surface area contributed by atoms with Crippen LogP contribution in [0.15, 0.2) is 12.2 Å². The average molecular weight is 136 g/mol. The molecule has 0 saturated heterocycles. The van der Waals surface area contributed by atoms with Gasteiger partial charge in [0.25, 0.3) is 0 Å². The molecule has 0 spiro atoms. The second kappa shape index (κ2) is 4.73. The van der Waals surface area contributed by atoms with Gasteiger partial charge in [0.1, 0.15) is 5.97 Å². The number of carbonyl (C=O) groups is 2. The molecule has 44 valence electrons. The number of aliphatic carboxylic acids is 1. The number of hydrogen-bond donors (Lipinski definition) is 0. The van der Waals surface area contributed by atoms with Crippen LogP contribution in [0, 0.1) is 0 Å². The van der Waals surface area contributed by atoms with Gasteiger partial charge in [0.2, 0.25) is 5.78 Å². The van der Waals surface area contributed by atoms with Gasteiger partial charge in [0, 0.05) is 0 Å². The fourth-order valence-corrected chi connectivity index (χ4v) is 0.174. The third-order valence-electron chi connectivity index (χ3n) is 0.573. The zero-order chi connectivity index (χ0) is 6.73. The molecule has 0 fully saturated rings. The average Bonchev–Trinajstić information content (AvgIpc) is 1.64. The van der Waals surface area contributed by atoms with E-state index in [-0.39, 0.29) is 35.1 Å². The molecule has 0 rings (SSSR count). The largest absolute Gasteiger partial charge is 1.00 e. The van der Waals surface area contributed by atoms with E-state index in [2.05, 4.69) is 6.58 Å². The Balaban J connectivity index is 0. The Morgan fingerprint density at radius 2 is 1.78 bits per heavy atom. The minimum Gasteiger partial charge on any atom is -0.541 e. The van der Waals surface area contributed by atoms with Crippen molar-refractivity contribution >= 4 is 11.8 Å². The van der Waals surface area contributed by atoms with Crippen LogP contribution in [0.4, 0.5) is 0 Å². The fraction of sp³-hybridized carbons (Fsp3) is 0.200. The topological polar surface area (TPSA) is 57.2 Å². The fourth-order valence-electron chi connectivity index (χ4n) is 0.174. The second-order valence-electron chi connectivity index (χ2n) is 1.40. The molecule has 0 saturated carbocycles. The van der Waals surface area contributed by atoms with Gasteiger partial charge in [-0.1, -0.05) is 6.58 Å². The predicted molar refractivity (Wildman–Crippen MR) is 24.8 cm³/mol. The predicted octanol–water partition coefficient (Wildman–Crippen LogP) is -4.11. The zero-order valence-corrected chi connectivity index (χ0v) is 7.43. The minimum absolute atomic E-state index is 0. The smallest absolute Gasteiger partial charge is 0.541 e. The molecular formula is C5H5NaO3. The molecule has 0 atom stereocenters. The molecule has 3 nitrogen and oxygen atoms in total. The maximum Gasteiger partial charge on any atom is 1.00 e. The number of hydrogen-bond acceptors (Lipinski definition) is 3. The summed E-state index contributed by atoms with van der Waals surface area (Å²) in [5.41, 5.74) is -0.00926. The van der Waals surface area contributed by atoms with Gasteiger partial charge in [-0.15, -0.1) is 0 Å². The molecule has 0 amide bonds. The summed E-state index contributed by atoms with van der Waals surface area (Å²) >= 11 is 0. The van der Waals surface area contributed by atoms with Crippen molar-refractivity contribution in [1.82, 2.24) is 0 Å². The van der Waals surface area contributed by atoms with Crippen molar-refractivity contribution < 1.29 is 44.3 Å². The summed E-state index contributed by atoms with van der Waals surface area (Å²) in [5.74, 6) is -2.73. The van der Waals surface area contributed by atoms with Crippen LogP contribution >= 0.6 is 0 Å². The quantitative estimate of drug-likeness (QED) is 0.220. The molecule has 0 aromatic carbocycles. The Morgan fingerprint density at radius 1 is 1.44 bits per heavy atom. The molecule has 0 aliphatic rings. The van der Waals surface area contributed by atoms with Crippen LogP contribution in [0.1, 0.15) is 6.92 Å². The van der Waals surface area contributed by atoms with Crippen molar-refractivity contribution in [3.63, 3.8) is 0 Å². The van der Waals surface area contributed by atoms with Crippen LogP contribution in [0.5, 0.6) is 0 Å². The number of carbonyl (C=O) groups excluding carboxylic acids is 2. The van der Waals surface area contributed by atoms with E-state index in [1.807, 2.05) is 0 Å². The Bertz CT molecular complexity index is 134. The third-order valence-corrected chi connectivity index (χ3v) is 0.573. The van der Waals surface area contributed by atoms with Crippen molar-refractivity contribution in [3.8, 4) is 0 Å². The molecule has 0 aliphatic carbocycles. The van der Waals surface area contributed by atoms with Crippen molar-refractivity contribution in [2.45, 2.75) is 6.92 Å². The molecule has 4 heteroatoms. The molecule has 0 unspecified atom stereocenters. The maximum absolute atomic E-state index is 10.1. The number of carboxylic acids is 1. The van der Waals surface area contributed by atoms with Gasteiger partial charge in [-0.2, -0.15) is 0 Å². The Kier molecular flexibility index (Phi) is 6.12. The van der Waals surface area contributed by atoms with Crippen LogP contribution in [-0.2, 0) is 9.59 Å². The van der Waals surface area contributed by atoms with E-state index >= 15 is 0 Å². The van der Waals surface area contributed by atoms with Gasteiger partial charge in [-0.3, -0.25) is 4.79 Å². The SMILES string of the molecule is C=C(C)C(=O)C(=O)[O-].[Na+]. The van der Waals surface area contributed by atoms with Crippen molar-refractivity contribution in [2.24, 2.45) is 0 Å². The first-order chi connectivity index (χ1) is 3.55. The van der Waals surface area contributed by atoms with Crippen LogP contribution in [0.25, 0.3) is 0 Å². The van der Waals surface area contributed by atoms with Crippen LogP contribution in [0.2, 0.25) is 0 Å². The molecule has 0 N–H and O–H groups in total. The summed E-state index contributed by atoms with van der Waals surface area (Å²) in [6.07, 6.45) is 0. The first-order valence-electron chi connectivity index (χ1n) is 1.97. The first kappa shape index (κ1) is 11.6. The van der Waals surface area contributed by atoms with E-state index in [4.69, 9.17) is 0 Å². The summed E-state index contributed by atoms with van der Waals surface area (Å²) in [4.78, 5) is 19.7. The number of rotatable bonds is 2. The van der Waals surface area contributed by atoms with Gasteiger partial charge < -0.3 is 9.90 Å². The van der Waals surface area contributed by atoms with Gasteiger partial charge in [-0.05, 0) is 12.5 Å². The second-order valence-corrected chi connectivity index (χ2v) is 1.40. The Morgan fingerprint density at radius 3 is 1.78 bits per heavy atom. The van der Waals surface area contributed by atoms with Gasteiger partial charge in [0.15, 0.2) is 0 Å². The van der Waals surface area contributed by atoms with Crippen molar-refractivity contribution in [2.75, 3.05) is 0 Å². The molecule has 9 heavy (non-hydrogen) atoms. The van der Waals surface area contributed by atoms with Gasteiger partial charge in [-0.25, -0.2) is 0 Å². The summed E-state index contributed by atoms with van der Waals surface area (Å²) in [7, 11) is 0. The van der Waals surface area contributed by atoms with E-state index < -0.39 is 11.8 Å². The standard InChI is InChI=1S/C5H6O3.Na/c1-3(2)4(6)5(7)8;/h1H2,2H3,(H,7,8);/q;+1/p-1. The number of Topliss-reactive ketones (excluding diaryl/α,β-unsaturated/α-hetero) is 1. The summed E-state index contributed by atoms with van der Waals surface area (Å²) < 4.78 is 0. The maximum atomic E-state index is 10.1. The third kappa shape index (κ3) is 4.39.